The number of rotatable bonds is 7. The van der Waals surface area contributed by atoms with E-state index in [9.17, 15) is 14.7 Å². The summed E-state index contributed by atoms with van der Waals surface area (Å²) in [6.07, 6.45) is 5.84. The van der Waals surface area contributed by atoms with Crippen molar-refractivity contribution in [3.8, 4) is 0 Å². The predicted octanol–water partition coefficient (Wildman–Crippen LogP) is 3.54. The smallest absolute Gasteiger partial charge is 0.343 e. The van der Waals surface area contributed by atoms with Crippen molar-refractivity contribution in [3.63, 3.8) is 0 Å². The molecule has 1 amide bonds. The number of benzene rings is 1. The molecule has 1 aliphatic heterocycles. The maximum absolute atomic E-state index is 13.4. The molecule has 2 N–H and O–H groups in total. The van der Waals surface area contributed by atoms with Gasteiger partial charge in [-0.1, -0.05) is 54.8 Å². The van der Waals surface area contributed by atoms with E-state index in [1.165, 1.54) is 0 Å². The largest absolute Gasteiger partial charge is 0.460 e. The van der Waals surface area contributed by atoms with Gasteiger partial charge in [0, 0.05) is 24.8 Å². The molecule has 1 aromatic heterocycles. The Morgan fingerprint density at radius 2 is 1.82 bits per heavy atom. The van der Waals surface area contributed by atoms with E-state index in [0.29, 0.717) is 54.1 Å². The van der Waals surface area contributed by atoms with Crippen LogP contribution in [0.25, 0.3) is 0 Å². The summed E-state index contributed by atoms with van der Waals surface area (Å²) in [4.78, 5) is 25.9. The summed E-state index contributed by atoms with van der Waals surface area (Å²) < 4.78 is 11.5. The molecule has 2 heterocycles. The first-order chi connectivity index (χ1) is 16.3. The number of nitrogens with one attached hydrogen (secondary N) is 1. The number of likely N-dealkylation sites (N-methyl/N-ethyl adjacent to an activating group) is 1. The van der Waals surface area contributed by atoms with E-state index in [4.69, 9.17) is 9.26 Å². The first kappa shape index (κ1) is 24.4. The summed E-state index contributed by atoms with van der Waals surface area (Å²) in [6, 6.07) is 10.9. The molecule has 2 fully saturated rings. The van der Waals surface area contributed by atoms with Crippen LogP contribution in [0.1, 0.15) is 56.3 Å². The van der Waals surface area contributed by atoms with Crippen molar-refractivity contribution in [2.24, 2.45) is 5.92 Å². The number of hydrogen-bond donors (Lipinski definition) is 2. The minimum atomic E-state index is -1.62. The Balaban J connectivity index is 1.36. The number of ether oxygens (including phenoxy) is 1. The van der Waals surface area contributed by atoms with Gasteiger partial charge in [-0.2, -0.15) is 0 Å². The second kappa shape index (κ2) is 10.3. The van der Waals surface area contributed by atoms with Gasteiger partial charge in [0.15, 0.2) is 18.0 Å². The third kappa shape index (κ3) is 5.50. The van der Waals surface area contributed by atoms with Gasteiger partial charge < -0.3 is 24.2 Å². The molecule has 1 aliphatic carbocycles. The van der Waals surface area contributed by atoms with Gasteiger partial charge in [0.1, 0.15) is 11.9 Å². The SMILES string of the molecule is Cc1cc(NC(=O)C[N+]2(C)CCC(OC(=O)C(O)(c3ccccc3)C3CCCCC3)CC2)no1. The normalized spacial score (nSPS) is 25.3. The number of hydrogen-bond acceptors (Lipinski definition) is 6. The van der Waals surface area contributed by atoms with Gasteiger partial charge in [0.2, 0.25) is 0 Å². The fourth-order valence-electron chi connectivity index (χ4n) is 5.37. The minimum Gasteiger partial charge on any atom is -0.460 e. The Morgan fingerprint density at radius 3 is 2.44 bits per heavy atom. The Kier molecular flexibility index (Phi) is 7.38. The van der Waals surface area contributed by atoms with Crippen LogP contribution in [0.15, 0.2) is 40.9 Å². The standard InChI is InChI=1S/C26H35N3O5/c1-19-17-23(28-34-19)27-24(30)18-29(2)15-13-22(14-16-29)33-25(31)26(32,20-9-5-3-6-10-20)21-11-7-4-8-12-21/h3,5-6,9-10,17,21-22,32H,4,7-8,11-16,18H2,1-2H3/p+1. The maximum Gasteiger partial charge on any atom is 0.343 e. The minimum absolute atomic E-state index is 0.123. The number of carbonyl (C=O) groups is 2. The number of esters is 1. The number of carbonyl (C=O) groups excluding carboxylic acids is 2. The van der Waals surface area contributed by atoms with E-state index >= 15 is 0 Å². The van der Waals surface area contributed by atoms with Crippen LogP contribution in [-0.2, 0) is 19.9 Å². The lowest BCUT2D eigenvalue weighted by Crippen LogP contribution is -2.55. The third-order valence-electron chi connectivity index (χ3n) is 7.40. The molecule has 2 aliphatic rings. The van der Waals surface area contributed by atoms with Crippen LogP contribution in [-0.4, -0.2) is 59.4 Å². The van der Waals surface area contributed by atoms with Crippen molar-refractivity contribution in [2.45, 2.75) is 63.6 Å². The van der Waals surface area contributed by atoms with Gasteiger partial charge in [-0.25, -0.2) is 4.79 Å². The second-order valence-corrected chi connectivity index (χ2v) is 10.2. The lowest BCUT2D eigenvalue weighted by molar-refractivity contribution is -0.907. The molecule has 0 radical (unpaired) electrons. The van der Waals surface area contributed by atoms with E-state index < -0.39 is 11.6 Å². The lowest BCUT2D eigenvalue weighted by atomic mass is 9.73. The highest BCUT2D eigenvalue weighted by molar-refractivity contribution is 5.90. The van der Waals surface area contributed by atoms with Crippen LogP contribution >= 0.6 is 0 Å². The fraction of sp³-hybridized carbons (Fsp3) is 0.577. The van der Waals surface area contributed by atoms with Gasteiger partial charge in [-0.3, -0.25) is 4.79 Å². The Labute approximate surface area is 200 Å². The average Bonchev–Trinajstić information content (AvgIpc) is 3.25. The van der Waals surface area contributed by atoms with Crippen molar-refractivity contribution in [1.82, 2.24) is 5.16 Å². The monoisotopic (exact) mass is 470 g/mol. The molecule has 184 valence electrons. The zero-order chi connectivity index (χ0) is 24.2. The number of quaternary nitrogens is 1. The molecule has 2 aromatic rings. The fourth-order valence-corrected chi connectivity index (χ4v) is 5.37. The molecular weight excluding hydrogens is 434 g/mol. The highest BCUT2D eigenvalue weighted by Gasteiger charge is 2.48. The lowest BCUT2D eigenvalue weighted by Gasteiger charge is -2.41. The van der Waals surface area contributed by atoms with E-state index in [1.54, 1.807) is 13.0 Å². The van der Waals surface area contributed by atoms with Gasteiger partial charge in [0.25, 0.3) is 5.91 Å². The van der Waals surface area contributed by atoms with Crippen molar-refractivity contribution < 1.29 is 28.4 Å². The van der Waals surface area contributed by atoms with Crippen LogP contribution in [0.2, 0.25) is 0 Å². The second-order valence-electron chi connectivity index (χ2n) is 10.2. The van der Waals surface area contributed by atoms with E-state index in [1.807, 2.05) is 37.4 Å². The number of piperidine rings is 1. The van der Waals surface area contributed by atoms with Crippen LogP contribution < -0.4 is 5.32 Å². The molecule has 8 heteroatoms. The number of aromatic nitrogens is 1. The summed E-state index contributed by atoms with van der Waals surface area (Å²) in [5.74, 6) is 0.264. The van der Waals surface area contributed by atoms with Crippen LogP contribution in [0.3, 0.4) is 0 Å². The molecular formula is C26H36N3O5+. The quantitative estimate of drug-likeness (QED) is 0.474. The zero-order valence-electron chi connectivity index (χ0n) is 20.2. The Bertz CT molecular complexity index is 977. The van der Waals surface area contributed by atoms with Crippen LogP contribution in [0.4, 0.5) is 5.82 Å². The molecule has 8 nitrogen and oxygen atoms in total. The van der Waals surface area contributed by atoms with Crippen LogP contribution in [0.5, 0.6) is 0 Å². The number of anilines is 1. The van der Waals surface area contributed by atoms with Crippen molar-refractivity contribution in [2.75, 3.05) is 32.0 Å². The van der Waals surface area contributed by atoms with Crippen LogP contribution in [0, 0.1) is 12.8 Å². The molecule has 0 spiro atoms. The summed E-state index contributed by atoms with van der Waals surface area (Å²) in [5, 5.41) is 18.3. The molecule has 1 aromatic carbocycles. The summed E-state index contributed by atoms with van der Waals surface area (Å²) in [7, 11) is 2.04. The van der Waals surface area contributed by atoms with Crippen molar-refractivity contribution in [3.05, 3.63) is 47.7 Å². The number of aliphatic hydroxyl groups is 1. The molecule has 0 bridgehead atoms. The van der Waals surface area contributed by atoms with Gasteiger partial charge in [0.05, 0.1) is 20.1 Å². The number of aryl methyl sites for hydroxylation is 1. The van der Waals surface area contributed by atoms with E-state index in [-0.39, 0.29) is 17.9 Å². The molecule has 1 unspecified atom stereocenters. The molecule has 4 rings (SSSR count). The maximum atomic E-state index is 13.4. The predicted molar refractivity (Wildman–Crippen MR) is 127 cm³/mol. The Hall–Kier alpha value is -2.71. The molecule has 1 saturated carbocycles. The Morgan fingerprint density at radius 1 is 1.15 bits per heavy atom. The number of nitrogens with zero attached hydrogens (tertiary/aromatic N) is 2. The van der Waals surface area contributed by atoms with Crippen molar-refractivity contribution in [1.29, 1.82) is 0 Å². The average molecular weight is 471 g/mol. The highest BCUT2D eigenvalue weighted by atomic mass is 16.6. The first-order valence-electron chi connectivity index (χ1n) is 12.3. The molecule has 34 heavy (non-hydrogen) atoms. The van der Waals surface area contributed by atoms with Gasteiger partial charge in [-0.05, 0) is 25.3 Å². The summed E-state index contributed by atoms with van der Waals surface area (Å²) >= 11 is 0. The first-order valence-corrected chi connectivity index (χ1v) is 12.3. The topological polar surface area (TPSA) is 102 Å². The van der Waals surface area contributed by atoms with E-state index in [0.717, 1.165) is 32.1 Å². The van der Waals surface area contributed by atoms with Gasteiger partial charge >= 0.3 is 5.97 Å². The zero-order valence-corrected chi connectivity index (χ0v) is 20.2. The van der Waals surface area contributed by atoms with Crippen molar-refractivity contribution >= 4 is 17.7 Å². The van der Waals surface area contributed by atoms with E-state index in [2.05, 4.69) is 10.5 Å². The summed E-state index contributed by atoms with van der Waals surface area (Å²) in [6.45, 7) is 3.49. The third-order valence-corrected chi connectivity index (χ3v) is 7.40. The molecule has 1 saturated heterocycles. The summed E-state index contributed by atoms with van der Waals surface area (Å²) in [5.41, 5.74) is -1.00. The number of likely N-dealkylation sites (tertiary alicyclic amines) is 1. The number of amides is 1. The van der Waals surface area contributed by atoms with Gasteiger partial charge in [-0.15, -0.1) is 0 Å². The highest BCUT2D eigenvalue weighted by Crippen LogP contribution is 2.41. The molecule has 1 atom stereocenters.